The normalized spacial score (nSPS) is 11.8. The summed E-state index contributed by atoms with van der Waals surface area (Å²) in [6.45, 7) is 7.07. The maximum absolute atomic E-state index is 12.1. The fourth-order valence-electron chi connectivity index (χ4n) is 2.20. The Kier molecular flexibility index (Phi) is 9.03. The molecule has 0 radical (unpaired) electrons. The van der Waals surface area contributed by atoms with E-state index >= 15 is 0 Å². The van der Waals surface area contributed by atoms with Gasteiger partial charge < -0.3 is 9.47 Å². The van der Waals surface area contributed by atoms with Gasteiger partial charge in [-0.15, -0.1) is 0 Å². The average Bonchev–Trinajstić information content (AvgIpc) is 2.59. The van der Waals surface area contributed by atoms with E-state index in [0.717, 1.165) is 32.1 Å². The van der Waals surface area contributed by atoms with Crippen molar-refractivity contribution < 1.29 is 19.1 Å². The van der Waals surface area contributed by atoms with Crippen molar-refractivity contribution in [3.8, 4) is 0 Å². The van der Waals surface area contributed by atoms with Crippen molar-refractivity contribution in [2.75, 3.05) is 13.2 Å². The second-order valence-corrected chi connectivity index (χ2v) is 5.73. The molecule has 1 aromatic carbocycles. The maximum atomic E-state index is 12.1. The first-order valence-corrected chi connectivity index (χ1v) is 8.56. The molecule has 0 fully saturated rings. The lowest BCUT2D eigenvalue weighted by molar-refractivity contribution is 0.0425. The second-order valence-electron chi connectivity index (χ2n) is 5.73. The Morgan fingerprint density at radius 2 is 1.48 bits per heavy atom. The van der Waals surface area contributed by atoms with Crippen molar-refractivity contribution in [3.63, 3.8) is 0 Å². The van der Waals surface area contributed by atoms with Gasteiger partial charge in [0, 0.05) is 0 Å². The maximum Gasteiger partial charge on any atom is 0.338 e. The van der Waals surface area contributed by atoms with Crippen molar-refractivity contribution in [2.45, 2.75) is 52.9 Å². The molecule has 1 unspecified atom stereocenters. The van der Waals surface area contributed by atoms with Crippen molar-refractivity contribution in [1.29, 1.82) is 0 Å². The van der Waals surface area contributed by atoms with E-state index in [0.29, 0.717) is 30.3 Å². The molecular formula is C19H28O4. The number of carbonyl (C=O) groups is 2. The highest BCUT2D eigenvalue weighted by atomic mass is 16.5. The van der Waals surface area contributed by atoms with Crippen LogP contribution < -0.4 is 0 Å². The van der Waals surface area contributed by atoms with Crippen LogP contribution in [0.1, 0.15) is 73.6 Å². The van der Waals surface area contributed by atoms with Gasteiger partial charge in [-0.2, -0.15) is 0 Å². The first-order valence-electron chi connectivity index (χ1n) is 8.56. The van der Waals surface area contributed by atoms with E-state index in [9.17, 15) is 9.59 Å². The van der Waals surface area contributed by atoms with Gasteiger partial charge in [-0.25, -0.2) is 9.59 Å². The minimum Gasteiger partial charge on any atom is -0.462 e. The molecule has 0 amide bonds. The van der Waals surface area contributed by atoms with Crippen molar-refractivity contribution in [2.24, 2.45) is 5.92 Å². The van der Waals surface area contributed by atoms with Gasteiger partial charge in [0.15, 0.2) is 0 Å². The number of carbonyl (C=O) groups excluding carboxylic acids is 2. The predicted octanol–water partition coefficient (Wildman–Crippen LogP) is 4.63. The molecule has 1 rings (SSSR count). The summed E-state index contributed by atoms with van der Waals surface area (Å²) in [6, 6.07) is 6.42. The minimum atomic E-state index is -0.364. The van der Waals surface area contributed by atoms with Gasteiger partial charge in [0.05, 0.1) is 24.3 Å². The molecule has 0 aliphatic rings. The Bertz CT molecular complexity index is 479. The van der Waals surface area contributed by atoms with Crippen LogP contribution in [-0.2, 0) is 9.47 Å². The molecule has 1 aromatic rings. The lowest BCUT2D eigenvalue weighted by atomic mass is 10.0. The number of rotatable bonds is 10. The van der Waals surface area contributed by atoms with Crippen LogP contribution in [0, 0.1) is 5.92 Å². The Balaban J connectivity index is 2.52. The van der Waals surface area contributed by atoms with Crippen LogP contribution in [0.25, 0.3) is 0 Å². The Hall–Kier alpha value is -1.84. The van der Waals surface area contributed by atoms with Crippen LogP contribution in [0.15, 0.2) is 24.3 Å². The largest absolute Gasteiger partial charge is 0.462 e. The molecule has 4 nitrogen and oxygen atoms in total. The minimum absolute atomic E-state index is 0.339. The van der Waals surface area contributed by atoms with Gasteiger partial charge >= 0.3 is 11.9 Å². The zero-order valence-electron chi connectivity index (χ0n) is 14.5. The van der Waals surface area contributed by atoms with Crippen molar-refractivity contribution >= 4 is 11.9 Å². The van der Waals surface area contributed by atoms with Gasteiger partial charge in [0.25, 0.3) is 0 Å². The third-order valence-electron chi connectivity index (χ3n) is 3.79. The third kappa shape index (κ3) is 6.85. The number of esters is 2. The quantitative estimate of drug-likeness (QED) is 0.590. The summed E-state index contributed by atoms with van der Waals surface area (Å²) < 4.78 is 10.4. The highest BCUT2D eigenvalue weighted by Crippen LogP contribution is 2.14. The first-order chi connectivity index (χ1) is 11.1. The van der Waals surface area contributed by atoms with E-state index in [1.165, 1.54) is 0 Å². The molecule has 0 saturated heterocycles. The highest BCUT2D eigenvalue weighted by molar-refractivity contribution is 5.93. The average molecular weight is 320 g/mol. The summed E-state index contributed by atoms with van der Waals surface area (Å²) >= 11 is 0. The molecule has 0 aliphatic carbocycles. The fourth-order valence-corrected chi connectivity index (χ4v) is 2.20. The lowest BCUT2D eigenvalue weighted by Gasteiger charge is -2.14. The van der Waals surface area contributed by atoms with Gasteiger partial charge in [0.1, 0.15) is 0 Å². The van der Waals surface area contributed by atoms with Crippen LogP contribution in [0.4, 0.5) is 0 Å². The molecule has 23 heavy (non-hydrogen) atoms. The molecule has 4 heteroatoms. The van der Waals surface area contributed by atoms with Crippen LogP contribution in [0.3, 0.4) is 0 Å². The van der Waals surface area contributed by atoms with E-state index < -0.39 is 0 Å². The van der Waals surface area contributed by atoms with Gasteiger partial charge in [-0.1, -0.05) is 40.0 Å². The summed E-state index contributed by atoms with van der Waals surface area (Å²) in [6.07, 6.45) is 5.19. The molecule has 0 heterocycles. The number of hydrogen-bond acceptors (Lipinski definition) is 4. The van der Waals surface area contributed by atoms with Crippen LogP contribution in [0.2, 0.25) is 0 Å². The Labute approximate surface area is 139 Å². The predicted molar refractivity (Wildman–Crippen MR) is 90.6 cm³/mol. The molecule has 0 saturated carbocycles. The van der Waals surface area contributed by atoms with Crippen molar-refractivity contribution in [1.82, 2.24) is 0 Å². The molecule has 0 spiro atoms. The Morgan fingerprint density at radius 1 is 0.913 bits per heavy atom. The van der Waals surface area contributed by atoms with E-state index in [1.54, 1.807) is 24.3 Å². The smallest absolute Gasteiger partial charge is 0.338 e. The molecular weight excluding hydrogens is 292 g/mol. The molecule has 128 valence electrons. The third-order valence-corrected chi connectivity index (χ3v) is 3.79. The van der Waals surface area contributed by atoms with Gasteiger partial charge in [-0.05, 0) is 43.0 Å². The number of hydrogen-bond donors (Lipinski definition) is 0. The number of benzene rings is 1. The second kappa shape index (κ2) is 10.8. The first kappa shape index (κ1) is 19.2. The van der Waals surface area contributed by atoms with E-state index in [-0.39, 0.29) is 11.9 Å². The van der Waals surface area contributed by atoms with Crippen LogP contribution in [-0.4, -0.2) is 25.2 Å². The lowest BCUT2D eigenvalue weighted by Crippen LogP contribution is -2.14. The summed E-state index contributed by atoms with van der Waals surface area (Å²) in [5, 5.41) is 0. The van der Waals surface area contributed by atoms with Crippen LogP contribution >= 0.6 is 0 Å². The summed E-state index contributed by atoms with van der Waals surface area (Å²) in [5.74, 6) is -0.284. The zero-order valence-corrected chi connectivity index (χ0v) is 14.5. The molecule has 0 aliphatic heterocycles. The number of unbranched alkanes of at least 4 members (excludes halogenated alkanes) is 1. The van der Waals surface area contributed by atoms with Crippen LogP contribution in [0.5, 0.6) is 0 Å². The molecule has 0 aromatic heterocycles. The monoisotopic (exact) mass is 320 g/mol. The van der Waals surface area contributed by atoms with Gasteiger partial charge in [0.2, 0.25) is 0 Å². The number of ether oxygens (including phenoxy) is 2. The highest BCUT2D eigenvalue weighted by Gasteiger charge is 2.13. The van der Waals surface area contributed by atoms with Crippen molar-refractivity contribution in [3.05, 3.63) is 35.4 Å². The Morgan fingerprint density at radius 3 is 1.96 bits per heavy atom. The van der Waals surface area contributed by atoms with E-state index in [2.05, 4.69) is 13.8 Å². The zero-order chi connectivity index (χ0) is 17.1. The fraction of sp³-hybridized carbons (Fsp3) is 0.579. The molecule has 0 bridgehead atoms. The topological polar surface area (TPSA) is 52.6 Å². The van der Waals surface area contributed by atoms with Gasteiger partial charge in [-0.3, -0.25) is 0 Å². The van der Waals surface area contributed by atoms with E-state index in [4.69, 9.17) is 9.47 Å². The summed E-state index contributed by atoms with van der Waals surface area (Å²) in [4.78, 5) is 23.8. The SMILES string of the molecule is CCCCC(CC)COC(=O)c1ccc(C(=O)OCCC)cc1. The standard InChI is InChI=1S/C19H28O4/c1-4-7-8-15(6-3)14-23-19(21)17-11-9-16(10-12-17)18(20)22-13-5-2/h9-12,15H,4-8,13-14H2,1-3H3. The van der Waals surface area contributed by atoms with E-state index in [1.807, 2.05) is 6.92 Å². The summed E-state index contributed by atoms with van der Waals surface area (Å²) in [5.41, 5.74) is 0.909. The summed E-state index contributed by atoms with van der Waals surface area (Å²) in [7, 11) is 0. The molecule has 0 N–H and O–H groups in total. The molecule has 1 atom stereocenters.